The average Bonchev–Trinajstić information content (AvgIpc) is 2.56. The van der Waals surface area contributed by atoms with Crippen molar-refractivity contribution in [2.45, 2.75) is 110 Å². The van der Waals surface area contributed by atoms with Gasteiger partial charge in [-0.15, -0.1) is 0 Å². The van der Waals surface area contributed by atoms with Gasteiger partial charge in [0.25, 0.3) is 0 Å². The van der Waals surface area contributed by atoms with Crippen LogP contribution < -0.4 is 0 Å². The summed E-state index contributed by atoms with van der Waals surface area (Å²) in [6.45, 7) is 16.0. The van der Waals surface area contributed by atoms with E-state index in [2.05, 4.69) is 26.0 Å². The van der Waals surface area contributed by atoms with E-state index in [0.29, 0.717) is 0 Å². The third-order valence-electron chi connectivity index (χ3n) is 4.97. The predicted octanol–water partition coefficient (Wildman–Crippen LogP) is 8.09. The summed E-state index contributed by atoms with van der Waals surface area (Å²) >= 11 is 0. The third-order valence-corrected chi connectivity index (χ3v) is 4.97. The van der Waals surface area contributed by atoms with Crippen LogP contribution in [0.4, 0.5) is 0 Å². The molecule has 134 valence electrons. The molecule has 0 N–H and O–H groups in total. The molecule has 23 heavy (non-hydrogen) atoms. The van der Waals surface area contributed by atoms with E-state index in [4.69, 9.17) is 13.8 Å². The molecule has 2 atom stereocenters. The first kappa shape index (κ1) is 22.7. The largest absolute Gasteiger partial charge is 0.0885 e. The Labute approximate surface area is 148 Å². The summed E-state index contributed by atoms with van der Waals surface area (Å²) in [5.74, 6) is 1.70. The van der Waals surface area contributed by atoms with E-state index in [-0.39, 0.29) is 0 Å². The molecule has 0 aromatic heterocycles. The molecule has 0 saturated carbocycles. The highest BCUT2D eigenvalue weighted by Crippen LogP contribution is 2.22. The molecule has 0 aliphatic heterocycles. The second-order valence-corrected chi connectivity index (χ2v) is 7.15. The molecule has 0 rings (SSSR count). The summed E-state index contributed by atoms with van der Waals surface area (Å²) in [6.07, 6.45) is 23.4. The van der Waals surface area contributed by atoms with Crippen LogP contribution in [0.1, 0.15) is 110 Å². The fourth-order valence-electron chi connectivity index (χ4n) is 3.42. The van der Waals surface area contributed by atoms with Crippen LogP contribution in [0, 0.1) is 25.7 Å². The van der Waals surface area contributed by atoms with E-state index in [9.17, 15) is 0 Å². The number of rotatable bonds is 17. The highest BCUT2D eigenvalue weighted by Gasteiger charge is 2.07. The van der Waals surface area contributed by atoms with Crippen LogP contribution >= 0.6 is 0 Å². The Kier molecular flexibility index (Phi) is 17.9. The smallest absolute Gasteiger partial charge is 0.0348 e. The quantitative estimate of drug-likeness (QED) is 0.188. The Balaban J connectivity index is 3.74. The number of unbranched alkanes of at least 4 members (excludes halogenated alkanes) is 3. The molecule has 4 radical (unpaired) electrons. The highest BCUT2D eigenvalue weighted by molar-refractivity contribution is 4.82. The molecule has 0 fully saturated rings. The van der Waals surface area contributed by atoms with Gasteiger partial charge in [-0.05, 0) is 64.2 Å². The van der Waals surface area contributed by atoms with Gasteiger partial charge in [0, 0.05) is 0 Å². The number of hydrogen-bond donors (Lipinski definition) is 0. The lowest BCUT2D eigenvalue weighted by molar-refractivity contribution is 0.398. The standard InChI is InChI=1S/C23H42/c1-5-9-18-22(16-7-3)20-14-12-11-13-15-21-23(17-8-4)19-10-6-2/h3-4,11-12,22-23H,5-10,13-21H2,1-2H3/b12-11+. The van der Waals surface area contributed by atoms with Gasteiger partial charge in [-0.25, -0.2) is 0 Å². The minimum Gasteiger partial charge on any atom is -0.0885 e. The molecular formula is C23H42. The summed E-state index contributed by atoms with van der Waals surface area (Å²) in [6, 6.07) is 0. The normalized spacial score (nSPS) is 14.4. The van der Waals surface area contributed by atoms with Crippen molar-refractivity contribution < 1.29 is 0 Å². The number of allylic oxidation sites excluding steroid dienone is 2. The van der Waals surface area contributed by atoms with Gasteiger partial charge in [0.2, 0.25) is 0 Å². The molecule has 0 amide bonds. The monoisotopic (exact) mass is 318 g/mol. The molecule has 0 nitrogen and oxygen atoms in total. The SMILES string of the molecule is [CH]CCC(CC/C=C/CCCC(CC[CH])CCCC)CCCC. The zero-order chi connectivity index (χ0) is 17.2. The van der Waals surface area contributed by atoms with E-state index in [1.165, 1.54) is 83.5 Å². The summed E-state index contributed by atoms with van der Waals surface area (Å²) in [4.78, 5) is 0. The summed E-state index contributed by atoms with van der Waals surface area (Å²) < 4.78 is 0. The van der Waals surface area contributed by atoms with Crippen LogP contribution in [-0.2, 0) is 0 Å². The Morgan fingerprint density at radius 3 is 1.61 bits per heavy atom. The second-order valence-electron chi connectivity index (χ2n) is 7.15. The zero-order valence-corrected chi connectivity index (χ0v) is 16.1. The van der Waals surface area contributed by atoms with Gasteiger partial charge in [0.15, 0.2) is 0 Å². The van der Waals surface area contributed by atoms with Crippen molar-refractivity contribution >= 4 is 0 Å². The minimum atomic E-state index is 0.840. The first-order chi connectivity index (χ1) is 11.3. The lowest BCUT2D eigenvalue weighted by Crippen LogP contribution is -2.00. The molecule has 0 aromatic rings. The lowest BCUT2D eigenvalue weighted by atomic mass is 9.91. The molecule has 0 aliphatic carbocycles. The highest BCUT2D eigenvalue weighted by atomic mass is 14.1. The molecule has 0 heterocycles. The fourth-order valence-corrected chi connectivity index (χ4v) is 3.42. The van der Waals surface area contributed by atoms with Crippen LogP contribution in [0.5, 0.6) is 0 Å². The molecule has 0 heteroatoms. The Hall–Kier alpha value is -0.260. The van der Waals surface area contributed by atoms with Crippen LogP contribution in [0.3, 0.4) is 0 Å². The van der Waals surface area contributed by atoms with Crippen LogP contribution in [0.25, 0.3) is 0 Å². The maximum atomic E-state index is 5.74. The second kappa shape index (κ2) is 18.1. The maximum absolute atomic E-state index is 5.74. The first-order valence-corrected chi connectivity index (χ1v) is 10.3. The fraction of sp³-hybridized carbons (Fsp3) is 0.826. The Bertz CT molecular complexity index is 240. The van der Waals surface area contributed by atoms with Gasteiger partial charge in [-0.1, -0.05) is 83.8 Å². The maximum Gasteiger partial charge on any atom is -0.0348 e. The Morgan fingerprint density at radius 2 is 1.09 bits per heavy atom. The lowest BCUT2D eigenvalue weighted by Gasteiger charge is -2.15. The topological polar surface area (TPSA) is 0 Å². The molecule has 0 saturated heterocycles. The third kappa shape index (κ3) is 15.0. The van der Waals surface area contributed by atoms with Crippen molar-refractivity contribution in [3.63, 3.8) is 0 Å². The molecule has 0 aromatic carbocycles. The summed E-state index contributed by atoms with van der Waals surface area (Å²) in [5, 5.41) is 0. The number of hydrogen-bond acceptors (Lipinski definition) is 0. The van der Waals surface area contributed by atoms with Crippen molar-refractivity contribution in [2.75, 3.05) is 0 Å². The van der Waals surface area contributed by atoms with Crippen LogP contribution in [0.15, 0.2) is 12.2 Å². The van der Waals surface area contributed by atoms with Gasteiger partial charge in [-0.3, -0.25) is 0 Å². The zero-order valence-electron chi connectivity index (χ0n) is 16.1. The van der Waals surface area contributed by atoms with E-state index in [1.807, 2.05) is 0 Å². The van der Waals surface area contributed by atoms with E-state index in [1.54, 1.807) is 0 Å². The molecule has 0 bridgehead atoms. The average molecular weight is 319 g/mol. The first-order valence-electron chi connectivity index (χ1n) is 10.3. The van der Waals surface area contributed by atoms with Crippen molar-refractivity contribution in [2.24, 2.45) is 11.8 Å². The molecular weight excluding hydrogens is 276 g/mol. The van der Waals surface area contributed by atoms with Crippen molar-refractivity contribution in [3.05, 3.63) is 26.0 Å². The molecule has 0 aliphatic rings. The van der Waals surface area contributed by atoms with Crippen molar-refractivity contribution in [3.8, 4) is 0 Å². The van der Waals surface area contributed by atoms with Crippen molar-refractivity contribution in [1.29, 1.82) is 0 Å². The van der Waals surface area contributed by atoms with Crippen LogP contribution in [0.2, 0.25) is 0 Å². The van der Waals surface area contributed by atoms with Gasteiger partial charge in [0.05, 0.1) is 0 Å². The Morgan fingerprint density at radius 1 is 0.609 bits per heavy atom. The van der Waals surface area contributed by atoms with E-state index < -0.39 is 0 Å². The van der Waals surface area contributed by atoms with Crippen LogP contribution in [-0.4, -0.2) is 0 Å². The van der Waals surface area contributed by atoms with Gasteiger partial charge in [0.1, 0.15) is 0 Å². The van der Waals surface area contributed by atoms with Gasteiger partial charge >= 0.3 is 0 Å². The predicted molar refractivity (Wildman–Crippen MR) is 105 cm³/mol. The van der Waals surface area contributed by atoms with Gasteiger partial charge in [-0.2, -0.15) is 0 Å². The molecule has 0 spiro atoms. The summed E-state index contributed by atoms with van der Waals surface area (Å²) in [7, 11) is 0. The van der Waals surface area contributed by atoms with Crippen molar-refractivity contribution in [1.82, 2.24) is 0 Å². The van der Waals surface area contributed by atoms with E-state index in [0.717, 1.165) is 24.7 Å². The minimum absolute atomic E-state index is 0.840. The van der Waals surface area contributed by atoms with Gasteiger partial charge < -0.3 is 0 Å². The summed E-state index contributed by atoms with van der Waals surface area (Å²) in [5.41, 5.74) is 0. The molecule has 2 unspecified atom stereocenters. The van der Waals surface area contributed by atoms with E-state index >= 15 is 0 Å².